The van der Waals surface area contributed by atoms with Gasteiger partial charge in [-0.3, -0.25) is 24.2 Å². The van der Waals surface area contributed by atoms with E-state index in [9.17, 15) is 19.2 Å². The van der Waals surface area contributed by atoms with Crippen molar-refractivity contribution in [2.24, 2.45) is 17.3 Å². The maximum absolute atomic E-state index is 14.7. The number of morpholine rings is 1. The van der Waals surface area contributed by atoms with Crippen LogP contribution in [0.1, 0.15) is 58.6 Å². The lowest BCUT2D eigenvalue weighted by Gasteiger charge is -2.35. The van der Waals surface area contributed by atoms with Crippen molar-refractivity contribution < 1.29 is 33.4 Å². The monoisotopic (exact) mass is 635 g/mol. The van der Waals surface area contributed by atoms with E-state index >= 15 is 0 Å². The number of hydrogen-bond acceptors (Lipinski definition) is 8. The molecule has 3 atom stereocenters. The van der Waals surface area contributed by atoms with E-state index in [0.717, 1.165) is 11.1 Å². The number of ether oxygens (including phenoxy) is 3. The van der Waals surface area contributed by atoms with Gasteiger partial charge in [0.2, 0.25) is 11.8 Å². The highest BCUT2D eigenvalue weighted by atomic mass is 16.6. The molecule has 1 aliphatic heterocycles. The third-order valence-corrected chi connectivity index (χ3v) is 8.71. The molecule has 0 aromatic heterocycles. The Morgan fingerprint density at radius 2 is 1.57 bits per heavy atom. The fourth-order valence-electron chi connectivity index (χ4n) is 5.89. The Hall–Kier alpha value is -3.76. The standard InChI is InChI=1S/C36H49N3O7/c1-26(2)29-22-36(29,34(43)45-24-28-14-10-7-11-15-28)39(25-46-33(42)35(3,4)5)32(41)30(17-16-27-12-8-6-9-13-27)37-31(40)23-38-18-20-44-21-19-38/h6-15,26,29-30H,16-25H2,1-5H3,(H,37,40)/t29?,30-,36?/m0/s1. The van der Waals surface area contributed by atoms with Crippen molar-refractivity contribution in [2.75, 3.05) is 39.6 Å². The van der Waals surface area contributed by atoms with Crippen LogP contribution in [0.3, 0.4) is 0 Å². The molecule has 10 heteroatoms. The summed E-state index contributed by atoms with van der Waals surface area (Å²) in [6.45, 7) is 11.3. The fraction of sp³-hybridized carbons (Fsp3) is 0.556. The van der Waals surface area contributed by atoms with Gasteiger partial charge in [0.05, 0.1) is 25.2 Å². The van der Waals surface area contributed by atoms with Crippen LogP contribution in [0.2, 0.25) is 0 Å². The first-order valence-corrected chi connectivity index (χ1v) is 16.2. The first kappa shape index (κ1) is 35.1. The summed E-state index contributed by atoms with van der Waals surface area (Å²) >= 11 is 0. The maximum Gasteiger partial charge on any atom is 0.332 e. The molecule has 2 aliphatic rings. The molecule has 2 unspecified atom stereocenters. The molecule has 2 aromatic rings. The highest BCUT2D eigenvalue weighted by Crippen LogP contribution is 2.54. The number of aryl methyl sites for hydroxylation is 1. The Labute approximate surface area is 272 Å². The Morgan fingerprint density at radius 3 is 2.13 bits per heavy atom. The third kappa shape index (κ3) is 9.16. The quantitative estimate of drug-likeness (QED) is 0.245. The van der Waals surface area contributed by atoms with Crippen molar-refractivity contribution in [1.29, 1.82) is 0 Å². The molecular weight excluding hydrogens is 586 g/mol. The number of esters is 2. The van der Waals surface area contributed by atoms with E-state index in [0.29, 0.717) is 45.6 Å². The highest BCUT2D eigenvalue weighted by molar-refractivity contribution is 5.95. The molecule has 250 valence electrons. The molecule has 1 aliphatic carbocycles. The van der Waals surface area contributed by atoms with Gasteiger partial charge >= 0.3 is 11.9 Å². The number of nitrogens with zero attached hydrogens (tertiary/aromatic N) is 2. The summed E-state index contributed by atoms with van der Waals surface area (Å²) in [4.78, 5) is 58.3. The van der Waals surface area contributed by atoms with Crippen LogP contribution < -0.4 is 5.32 Å². The second-order valence-corrected chi connectivity index (χ2v) is 13.7. The lowest BCUT2D eigenvalue weighted by Crippen LogP contribution is -2.58. The normalized spacial score (nSPS) is 20.4. The van der Waals surface area contributed by atoms with Gasteiger partial charge in [0.25, 0.3) is 0 Å². The lowest BCUT2D eigenvalue weighted by molar-refractivity contribution is -0.173. The number of hydrogen-bond donors (Lipinski definition) is 1. The molecular formula is C36H49N3O7. The molecule has 4 rings (SSSR count). The van der Waals surface area contributed by atoms with E-state index in [1.807, 2.05) is 79.4 Å². The zero-order valence-corrected chi connectivity index (χ0v) is 27.8. The smallest absolute Gasteiger partial charge is 0.332 e. The Kier molecular flexibility index (Phi) is 12.0. The van der Waals surface area contributed by atoms with Crippen molar-refractivity contribution in [2.45, 2.75) is 72.1 Å². The molecule has 1 N–H and O–H groups in total. The zero-order valence-electron chi connectivity index (χ0n) is 27.8. The van der Waals surface area contributed by atoms with Crippen LogP contribution in [0.15, 0.2) is 60.7 Å². The Morgan fingerprint density at radius 1 is 0.957 bits per heavy atom. The molecule has 1 saturated carbocycles. The van der Waals surface area contributed by atoms with Crippen molar-refractivity contribution in [3.63, 3.8) is 0 Å². The summed E-state index contributed by atoms with van der Waals surface area (Å²) < 4.78 is 17.0. The van der Waals surface area contributed by atoms with Crippen molar-refractivity contribution >= 4 is 23.8 Å². The van der Waals surface area contributed by atoms with Gasteiger partial charge in [-0.15, -0.1) is 0 Å². The van der Waals surface area contributed by atoms with Gasteiger partial charge in [-0.1, -0.05) is 74.5 Å². The summed E-state index contributed by atoms with van der Waals surface area (Å²) in [6, 6.07) is 18.1. The minimum atomic E-state index is -1.34. The molecule has 2 aromatic carbocycles. The summed E-state index contributed by atoms with van der Waals surface area (Å²) in [7, 11) is 0. The molecule has 2 amide bonds. The second-order valence-electron chi connectivity index (χ2n) is 13.7. The van der Waals surface area contributed by atoms with Crippen molar-refractivity contribution in [3.05, 3.63) is 71.8 Å². The van der Waals surface area contributed by atoms with Gasteiger partial charge < -0.3 is 19.5 Å². The van der Waals surface area contributed by atoms with Gasteiger partial charge in [0, 0.05) is 13.1 Å². The predicted molar refractivity (Wildman–Crippen MR) is 173 cm³/mol. The third-order valence-electron chi connectivity index (χ3n) is 8.71. The SMILES string of the molecule is CC(C)C1CC1(C(=O)OCc1ccccc1)N(COC(=O)C(C)(C)C)C(=O)[C@H](CCc1ccccc1)NC(=O)CN1CCOCC1. The molecule has 0 bridgehead atoms. The largest absolute Gasteiger partial charge is 0.459 e. The van der Waals surface area contributed by atoms with Crippen molar-refractivity contribution in [3.8, 4) is 0 Å². The molecule has 0 spiro atoms. The van der Waals surface area contributed by atoms with Crippen LogP contribution in [-0.4, -0.2) is 84.7 Å². The molecule has 46 heavy (non-hydrogen) atoms. The van der Waals surface area contributed by atoms with Gasteiger partial charge in [0.15, 0.2) is 6.73 Å². The average molecular weight is 636 g/mol. The van der Waals surface area contributed by atoms with Crippen LogP contribution in [0, 0.1) is 17.3 Å². The van der Waals surface area contributed by atoms with Crippen LogP contribution in [-0.2, 0) is 46.4 Å². The van der Waals surface area contributed by atoms with Gasteiger partial charge in [0.1, 0.15) is 18.2 Å². The number of carbonyl (C=O) groups is 4. The molecule has 0 radical (unpaired) electrons. The maximum atomic E-state index is 14.7. The first-order valence-electron chi connectivity index (χ1n) is 16.2. The summed E-state index contributed by atoms with van der Waals surface area (Å²) in [6.07, 6.45) is 1.18. The molecule has 1 saturated heterocycles. The van der Waals surface area contributed by atoms with E-state index in [4.69, 9.17) is 14.2 Å². The molecule has 10 nitrogen and oxygen atoms in total. The van der Waals surface area contributed by atoms with E-state index < -0.39 is 41.6 Å². The number of rotatable bonds is 14. The van der Waals surface area contributed by atoms with Crippen LogP contribution >= 0.6 is 0 Å². The first-order chi connectivity index (χ1) is 21.9. The van der Waals surface area contributed by atoms with Gasteiger partial charge in [-0.05, 0) is 63.0 Å². The minimum Gasteiger partial charge on any atom is -0.459 e. The number of nitrogens with one attached hydrogen (secondary N) is 1. The van der Waals surface area contributed by atoms with E-state index in [1.54, 1.807) is 20.8 Å². The Bertz CT molecular complexity index is 1320. The molecule has 2 fully saturated rings. The number of carbonyl (C=O) groups excluding carboxylic acids is 4. The molecule has 1 heterocycles. The van der Waals surface area contributed by atoms with Crippen molar-refractivity contribution in [1.82, 2.24) is 15.1 Å². The average Bonchev–Trinajstić information content (AvgIpc) is 3.80. The van der Waals surface area contributed by atoms with E-state index in [1.165, 1.54) is 4.90 Å². The predicted octanol–water partition coefficient (Wildman–Crippen LogP) is 3.97. The summed E-state index contributed by atoms with van der Waals surface area (Å²) in [5.41, 5.74) is -0.328. The fourth-order valence-corrected chi connectivity index (χ4v) is 5.89. The topological polar surface area (TPSA) is 114 Å². The number of amides is 2. The van der Waals surface area contributed by atoms with Crippen LogP contribution in [0.4, 0.5) is 0 Å². The van der Waals surface area contributed by atoms with E-state index in [-0.39, 0.29) is 30.9 Å². The van der Waals surface area contributed by atoms with Gasteiger partial charge in [-0.25, -0.2) is 4.79 Å². The number of benzene rings is 2. The summed E-state index contributed by atoms with van der Waals surface area (Å²) in [5.74, 6) is -2.00. The minimum absolute atomic E-state index is 0.0385. The highest BCUT2D eigenvalue weighted by Gasteiger charge is 2.68. The lowest BCUT2D eigenvalue weighted by atomic mass is 9.97. The second kappa shape index (κ2) is 15.7. The van der Waals surface area contributed by atoms with Crippen LogP contribution in [0.25, 0.3) is 0 Å². The summed E-state index contributed by atoms with van der Waals surface area (Å²) in [5, 5.41) is 2.97. The Balaban J connectivity index is 1.63. The van der Waals surface area contributed by atoms with Crippen LogP contribution in [0.5, 0.6) is 0 Å². The van der Waals surface area contributed by atoms with Gasteiger partial charge in [-0.2, -0.15) is 0 Å². The zero-order chi connectivity index (χ0) is 33.3. The van der Waals surface area contributed by atoms with E-state index in [2.05, 4.69) is 5.32 Å².